The molecule has 128 valence electrons. The molecule has 0 saturated carbocycles. The number of hydrogen-bond donors (Lipinski definition) is 3. The van der Waals surface area contributed by atoms with E-state index in [-0.39, 0.29) is 18.5 Å². The normalized spacial score (nSPS) is 10.2. The molecule has 0 aliphatic heterocycles. The van der Waals surface area contributed by atoms with Crippen molar-refractivity contribution in [3.05, 3.63) is 59.7 Å². The van der Waals surface area contributed by atoms with Gasteiger partial charge in [-0.25, -0.2) is 4.79 Å². The molecular weight excluding hydrogens is 304 g/mol. The van der Waals surface area contributed by atoms with Crippen molar-refractivity contribution < 1.29 is 14.6 Å². The first kappa shape index (κ1) is 17.7. The number of aromatic hydroxyl groups is 1. The van der Waals surface area contributed by atoms with E-state index >= 15 is 0 Å². The molecule has 2 aromatic rings. The molecule has 2 amide bonds. The number of carbonyl (C=O) groups excluding carboxylic acids is 1. The second-order valence-corrected chi connectivity index (χ2v) is 5.53. The van der Waals surface area contributed by atoms with Crippen LogP contribution in [0.1, 0.15) is 24.5 Å². The van der Waals surface area contributed by atoms with E-state index in [1.165, 1.54) is 5.56 Å². The molecule has 0 heterocycles. The van der Waals surface area contributed by atoms with Crippen LogP contribution in [0.5, 0.6) is 11.5 Å². The molecule has 0 bridgehead atoms. The zero-order chi connectivity index (χ0) is 17.2. The standard InChI is InChI=1S/C19H24N2O3/c1-2-3-15-6-10-18(11-7-15)24-14-21-19(23)20-13-12-16-4-8-17(22)9-5-16/h4-11,22H,2-3,12-14H2,1H3,(H2,20,21,23). The molecule has 5 heteroatoms. The molecule has 2 rings (SSSR count). The third-order valence-corrected chi connectivity index (χ3v) is 3.57. The SMILES string of the molecule is CCCc1ccc(OCNC(=O)NCCc2ccc(O)cc2)cc1. The fourth-order valence-corrected chi connectivity index (χ4v) is 2.27. The highest BCUT2D eigenvalue weighted by atomic mass is 16.5. The molecule has 24 heavy (non-hydrogen) atoms. The van der Waals surface area contributed by atoms with E-state index in [4.69, 9.17) is 4.74 Å². The number of urea groups is 1. The summed E-state index contributed by atoms with van der Waals surface area (Å²) in [4.78, 5) is 11.7. The Morgan fingerprint density at radius 1 is 0.958 bits per heavy atom. The van der Waals surface area contributed by atoms with Gasteiger partial charge in [0, 0.05) is 6.54 Å². The van der Waals surface area contributed by atoms with Crippen molar-refractivity contribution in [3.8, 4) is 11.5 Å². The van der Waals surface area contributed by atoms with Crippen molar-refractivity contribution in [1.29, 1.82) is 0 Å². The summed E-state index contributed by atoms with van der Waals surface area (Å²) in [5, 5.41) is 14.6. The lowest BCUT2D eigenvalue weighted by atomic mass is 10.1. The maximum absolute atomic E-state index is 11.7. The lowest BCUT2D eigenvalue weighted by molar-refractivity contribution is 0.224. The summed E-state index contributed by atoms with van der Waals surface area (Å²) in [5.74, 6) is 0.976. The average molecular weight is 328 g/mol. The topological polar surface area (TPSA) is 70.6 Å². The second kappa shape index (κ2) is 9.45. The zero-order valence-corrected chi connectivity index (χ0v) is 13.9. The van der Waals surface area contributed by atoms with Gasteiger partial charge in [-0.1, -0.05) is 37.6 Å². The molecule has 0 saturated heterocycles. The Bertz CT molecular complexity index is 624. The molecule has 0 aliphatic rings. The third kappa shape index (κ3) is 6.20. The number of phenolic OH excluding ortho intramolecular Hbond substituents is 1. The number of amides is 2. The molecule has 0 unspecified atom stereocenters. The Kier molecular flexibility index (Phi) is 6.95. The highest BCUT2D eigenvalue weighted by Crippen LogP contribution is 2.13. The van der Waals surface area contributed by atoms with E-state index in [2.05, 4.69) is 17.6 Å². The van der Waals surface area contributed by atoms with Gasteiger partial charge in [0.1, 0.15) is 11.5 Å². The fraction of sp³-hybridized carbons (Fsp3) is 0.316. The molecule has 0 atom stereocenters. The summed E-state index contributed by atoms with van der Waals surface area (Å²) >= 11 is 0. The van der Waals surface area contributed by atoms with Crippen molar-refractivity contribution in [3.63, 3.8) is 0 Å². The smallest absolute Gasteiger partial charge is 0.317 e. The van der Waals surface area contributed by atoms with Gasteiger partial charge in [0.15, 0.2) is 6.73 Å². The highest BCUT2D eigenvalue weighted by Gasteiger charge is 2.01. The van der Waals surface area contributed by atoms with E-state index in [1.807, 2.05) is 36.4 Å². The first-order chi connectivity index (χ1) is 11.7. The van der Waals surface area contributed by atoms with Gasteiger partial charge in [-0.05, 0) is 48.2 Å². The average Bonchev–Trinajstić information content (AvgIpc) is 2.58. The van der Waals surface area contributed by atoms with E-state index in [9.17, 15) is 9.90 Å². The summed E-state index contributed by atoms with van der Waals surface area (Å²) in [6, 6.07) is 14.6. The van der Waals surface area contributed by atoms with Crippen molar-refractivity contribution in [2.24, 2.45) is 0 Å². The van der Waals surface area contributed by atoms with Gasteiger partial charge in [0.2, 0.25) is 0 Å². The predicted molar refractivity (Wildman–Crippen MR) is 94.3 cm³/mol. The number of rotatable bonds is 8. The Morgan fingerprint density at radius 2 is 1.58 bits per heavy atom. The van der Waals surface area contributed by atoms with Crippen LogP contribution in [0.4, 0.5) is 4.79 Å². The van der Waals surface area contributed by atoms with Gasteiger partial charge >= 0.3 is 6.03 Å². The Balaban J connectivity index is 1.61. The van der Waals surface area contributed by atoms with Gasteiger partial charge in [0.25, 0.3) is 0 Å². The summed E-state index contributed by atoms with van der Waals surface area (Å²) < 4.78 is 5.49. The first-order valence-corrected chi connectivity index (χ1v) is 8.18. The van der Waals surface area contributed by atoms with Crippen LogP contribution >= 0.6 is 0 Å². The molecule has 3 N–H and O–H groups in total. The number of benzene rings is 2. The van der Waals surface area contributed by atoms with Crippen LogP contribution in [0.25, 0.3) is 0 Å². The van der Waals surface area contributed by atoms with Crippen LogP contribution in [0.3, 0.4) is 0 Å². The lowest BCUT2D eigenvalue weighted by Crippen LogP contribution is -2.38. The lowest BCUT2D eigenvalue weighted by Gasteiger charge is -2.10. The maximum Gasteiger partial charge on any atom is 0.317 e. The van der Waals surface area contributed by atoms with Crippen LogP contribution in [-0.4, -0.2) is 24.4 Å². The molecule has 0 spiro atoms. The molecule has 0 fully saturated rings. The van der Waals surface area contributed by atoms with Gasteiger partial charge < -0.3 is 20.5 Å². The van der Waals surface area contributed by atoms with Crippen LogP contribution in [0.15, 0.2) is 48.5 Å². The van der Waals surface area contributed by atoms with E-state index in [0.717, 1.165) is 24.2 Å². The Labute approximate surface area is 142 Å². The summed E-state index contributed by atoms with van der Waals surface area (Å²) in [7, 11) is 0. The van der Waals surface area contributed by atoms with Crippen LogP contribution in [-0.2, 0) is 12.8 Å². The van der Waals surface area contributed by atoms with Crippen LogP contribution < -0.4 is 15.4 Å². The third-order valence-electron chi connectivity index (χ3n) is 3.57. The van der Waals surface area contributed by atoms with E-state index in [0.29, 0.717) is 13.0 Å². The predicted octanol–water partition coefficient (Wildman–Crippen LogP) is 3.22. The molecule has 2 aromatic carbocycles. The van der Waals surface area contributed by atoms with Gasteiger partial charge in [0.05, 0.1) is 0 Å². The summed E-state index contributed by atoms with van der Waals surface area (Å²) in [5.41, 5.74) is 2.33. The number of nitrogens with one attached hydrogen (secondary N) is 2. The number of aryl methyl sites for hydroxylation is 1. The number of ether oxygens (including phenoxy) is 1. The fourth-order valence-electron chi connectivity index (χ4n) is 2.27. The minimum absolute atomic E-state index is 0.123. The van der Waals surface area contributed by atoms with Gasteiger partial charge in [-0.2, -0.15) is 0 Å². The monoisotopic (exact) mass is 328 g/mol. The van der Waals surface area contributed by atoms with Crippen LogP contribution in [0.2, 0.25) is 0 Å². The minimum Gasteiger partial charge on any atom is -0.508 e. The van der Waals surface area contributed by atoms with Gasteiger partial charge in [-0.3, -0.25) is 0 Å². The first-order valence-electron chi connectivity index (χ1n) is 8.18. The number of carbonyl (C=O) groups is 1. The Morgan fingerprint density at radius 3 is 2.25 bits per heavy atom. The van der Waals surface area contributed by atoms with Crippen LogP contribution in [0, 0.1) is 0 Å². The quantitative estimate of drug-likeness (QED) is 0.652. The van der Waals surface area contributed by atoms with Crippen molar-refractivity contribution >= 4 is 6.03 Å². The second-order valence-electron chi connectivity index (χ2n) is 5.53. The molecule has 0 radical (unpaired) electrons. The molecular formula is C19H24N2O3. The maximum atomic E-state index is 11.7. The molecule has 5 nitrogen and oxygen atoms in total. The molecule has 0 aliphatic carbocycles. The summed E-state index contributed by atoms with van der Waals surface area (Å²) in [6.45, 7) is 2.79. The van der Waals surface area contributed by atoms with Crippen molar-refractivity contribution in [2.45, 2.75) is 26.2 Å². The number of hydrogen-bond acceptors (Lipinski definition) is 3. The minimum atomic E-state index is -0.267. The largest absolute Gasteiger partial charge is 0.508 e. The van der Waals surface area contributed by atoms with Gasteiger partial charge in [-0.15, -0.1) is 0 Å². The molecule has 0 aromatic heterocycles. The van der Waals surface area contributed by atoms with Crippen molar-refractivity contribution in [1.82, 2.24) is 10.6 Å². The Hall–Kier alpha value is -2.69. The van der Waals surface area contributed by atoms with Crippen molar-refractivity contribution in [2.75, 3.05) is 13.3 Å². The number of phenols is 1. The highest BCUT2D eigenvalue weighted by molar-refractivity contribution is 5.73. The van der Waals surface area contributed by atoms with E-state index < -0.39 is 0 Å². The van der Waals surface area contributed by atoms with E-state index in [1.54, 1.807) is 12.1 Å². The summed E-state index contributed by atoms with van der Waals surface area (Å²) in [6.07, 6.45) is 2.88. The zero-order valence-electron chi connectivity index (χ0n) is 13.9.